The molecule has 38 heavy (non-hydrogen) atoms. The fourth-order valence-electron chi connectivity index (χ4n) is 6.07. The molecule has 3 fully saturated rings. The summed E-state index contributed by atoms with van der Waals surface area (Å²) in [6, 6.07) is 14.3. The summed E-state index contributed by atoms with van der Waals surface area (Å²) >= 11 is 0. The molecule has 0 unspecified atom stereocenters. The molecule has 2 heterocycles. The lowest BCUT2D eigenvalue weighted by atomic mass is 9.85. The number of ether oxygens (including phenoxy) is 1. The smallest absolute Gasteiger partial charge is 0.240 e. The zero-order valence-electron chi connectivity index (χ0n) is 21.3. The topological polar surface area (TPSA) is 109 Å². The van der Waals surface area contributed by atoms with Crippen LogP contribution in [-0.4, -0.2) is 62.3 Å². The van der Waals surface area contributed by atoms with Crippen LogP contribution >= 0.6 is 0 Å². The van der Waals surface area contributed by atoms with Gasteiger partial charge in [0.2, 0.25) is 15.9 Å². The minimum Gasteiger partial charge on any atom is -0.377 e. The van der Waals surface area contributed by atoms with Crippen molar-refractivity contribution in [2.75, 3.05) is 19.8 Å². The average molecular weight is 536 g/mol. The predicted octanol–water partition coefficient (Wildman–Crippen LogP) is 4.12. The third-order valence-electron chi connectivity index (χ3n) is 8.31. The Hall–Kier alpha value is -3.01. The van der Waals surface area contributed by atoms with Crippen molar-refractivity contribution < 1.29 is 22.7 Å². The van der Waals surface area contributed by atoms with Crippen LogP contribution in [0.2, 0.25) is 0 Å². The van der Waals surface area contributed by atoms with Gasteiger partial charge in [0.15, 0.2) is 6.29 Å². The second-order valence-corrected chi connectivity index (χ2v) is 12.5. The van der Waals surface area contributed by atoms with Crippen LogP contribution in [0.15, 0.2) is 53.4 Å². The second kappa shape index (κ2) is 10.3. The van der Waals surface area contributed by atoms with Gasteiger partial charge in [-0.25, -0.2) is 13.1 Å². The number of rotatable bonds is 7. The third-order valence-corrected chi connectivity index (χ3v) is 9.83. The lowest BCUT2D eigenvalue weighted by Gasteiger charge is -2.39. The molecule has 6 rings (SSSR count). The number of hydrogen-bond donors (Lipinski definition) is 2. The van der Waals surface area contributed by atoms with Crippen LogP contribution < -0.4 is 4.72 Å². The Morgan fingerprint density at radius 2 is 1.79 bits per heavy atom. The highest BCUT2D eigenvalue weighted by Gasteiger charge is 2.41. The molecule has 2 aromatic carbocycles. The molecule has 1 aromatic heterocycles. The average Bonchev–Trinajstić information content (AvgIpc) is 3.73. The number of benzene rings is 2. The van der Waals surface area contributed by atoms with Gasteiger partial charge in [-0.15, -0.1) is 0 Å². The van der Waals surface area contributed by atoms with Gasteiger partial charge in [0.1, 0.15) is 0 Å². The maximum Gasteiger partial charge on any atom is 0.240 e. The van der Waals surface area contributed by atoms with E-state index in [0.717, 1.165) is 11.8 Å². The lowest BCUT2D eigenvalue weighted by molar-refractivity contribution is -0.146. The van der Waals surface area contributed by atoms with Crippen LogP contribution in [0.5, 0.6) is 0 Å². The maximum atomic E-state index is 13.3. The number of aromatic nitrogens is 1. The molecule has 9 heteroatoms. The number of nitrogens with one attached hydrogen (secondary N) is 2. The van der Waals surface area contributed by atoms with Crippen molar-refractivity contribution in [3.8, 4) is 11.3 Å². The zero-order valence-corrected chi connectivity index (χ0v) is 22.1. The van der Waals surface area contributed by atoms with Gasteiger partial charge >= 0.3 is 0 Å². The quantitative estimate of drug-likeness (QED) is 0.443. The number of aromatic amines is 1. The van der Waals surface area contributed by atoms with Gasteiger partial charge in [0.05, 0.1) is 29.8 Å². The molecule has 0 bridgehead atoms. The number of sulfonamides is 1. The molecule has 8 nitrogen and oxygen atoms in total. The van der Waals surface area contributed by atoms with E-state index in [4.69, 9.17) is 4.74 Å². The summed E-state index contributed by atoms with van der Waals surface area (Å²) in [6.07, 6.45) is 5.77. The summed E-state index contributed by atoms with van der Waals surface area (Å²) in [5.74, 6) is 0.734. The van der Waals surface area contributed by atoms with Gasteiger partial charge in [-0.2, -0.15) is 0 Å². The van der Waals surface area contributed by atoms with Gasteiger partial charge in [-0.1, -0.05) is 36.4 Å². The van der Waals surface area contributed by atoms with Crippen LogP contribution in [0, 0.1) is 11.8 Å². The number of fused-ring (bicyclic) bond motifs is 1. The molecule has 1 saturated heterocycles. The number of carbonyl (C=O) groups is 2. The molecule has 0 spiro atoms. The van der Waals surface area contributed by atoms with Gasteiger partial charge in [-0.3, -0.25) is 9.59 Å². The number of carbonyl (C=O) groups excluding carboxylic acids is 2. The van der Waals surface area contributed by atoms with Gasteiger partial charge in [0.25, 0.3) is 0 Å². The van der Waals surface area contributed by atoms with Crippen molar-refractivity contribution in [1.82, 2.24) is 14.6 Å². The standard InChI is InChI=1S/C29H33N3O5S/c33-17-25-24-13-12-23(16-26(24)30-28(25)20-4-2-1-3-5-20)38(35,36)31-22-10-8-21(9-11-22)29(34)32-14-15-37-18-27(32)19-6-7-19/h1-5,12-13,16-17,19,21-22,27,30-31H,6-11,14-15,18H2/t21-,22-,27-/m1/s1. The van der Waals surface area contributed by atoms with Crippen LogP contribution in [0.1, 0.15) is 48.9 Å². The van der Waals surface area contributed by atoms with Crippen molar-refractivity contribution in [2.24, 2.45) is 11.8 Å². The SMILES string of the molecule is O=Cc1c(-c2ccccc2)[nH]c2cc(S(=O)(=O)N[C@H]3CC[C@H](C(=O)N4CCOC[C@@H]4C4CC4)CC3)ccc12. The highest BCUT2D eigenvalue weighted by Crippen LogP contribution is 2.38. The summed E-state index contributed by atoms with van der Waals surface area (Å²) in [7, 11) is -3.77. The van der Waals surface area contributed by atoms with E-state index in [1.54, 1.807) is 18.2 Å². The fourth-order valence-corrected chi connectivity index (χ4v) is 7.40. The minimum atomic E-state index is -3.77. The van der Waals surface area contributed by atoms with E-state index >= 15 is 0 Å². The van der Waals surface area contributed by atoms with Crippen LogP contribution in [-0.2, 0) is 19.6 Å². The summed E-state index contributed by atoms with van der Waals surface area (Å²) in [4.78, 5) is 30.6. The maximum absolute atomic E-state index is 13.3. The van der Waals surface area contributed by atoms with Gasteiger partial charge in [0, 0.05) is 35.0 Å². The van der Waals surface area contributed by atoms with Crippen molar-refractivity contribution >= 4 is 33.1 Å². The van der Waals surface area contributed by atoms with Crippen molar-refractivity contribution in [3.63, 3.8) is 0 Å². The molecule has 1 amide bonds. The Morgan fingerprint density at radius 1 is 1.03 bits per heavy atom. The number of aldehydes is 1. The van der Waals surface area contributed by atoms with E-state index in [0.29, 0.717) is 73.5 Å². The molecule has 3 aliphatic rings. The Bertz CT molecular complexity index is 1440. The van der Waals surface area contributed by atoms with E-state index in [1.165, 1.54) is 12.8 Å². The van der Waals surface area contributed by atoms with Crippen molar-refractivity contribution in [1.29, 1.82) is 0 Å². The number of H-pyrrole nitrogens is 1. The molecule has 0 radical (unpaired) electrons. The number of morpholine rings is 1. The van der Waals surface area contributed by atoms with Gasteiger partial charge < -0.3 is 14.6 Å². The van der Waals surface area contributed by atoms with E-state index in [9.17, 15) is 18.0 Å². The highest BCUT2D eigenvalue weighted by atomic mass is 32.2. The first-order valence-corrected chi connectivity index (χ1v) is 15.0. The lowest BCUT2D eigenvalue weighted by Crippen LogP contribution is -2.52. The first-order chi connectivity index (χ1) is 18.4. The molecule has 200 valence electrons. The molecular weight excluding hydrogens is 502 g/mol. The Balaban J connectivity index is 1.13. The van der Waals surface area contributed by atoms with Crippen LogP contribution in [0.3, 0.4) is 0 Å². The molecule has 3 aromatic rings. The Kier molecular flexibility index (Phi) is 6.84. The highest BCUT2D eigenvalue weighted by molar-refractivity contribution is 7.89. The number of amides is 1. The molecule has 1 atom stereocenters. The largest absolute Gasteiger partial charge is 0.377 e. The Labute approximate surface area is 222 Å². The first kappa shape index (κ1) is 25.3. The third kappa shape index (κ3) is 4.90. The van der Waals surface area contributed by atoms with Crippen LogP contribution in [0.4, 0.5) is 0 Å². The second-order valence-electron chi connectivity index (χ2n) is 10.8. The molecule has 1 aliphatic heterocycles. The Morgan fingerprint density at radius 3 is 2.50 bits per heavy atom. The molecular formula is C29H33N3O5S. The zero-order chi connectivity index (χ0) is 26.3. The first-order valence-electron chi connectivity index (χ1n) is 13.5. The summed E-state index contributed by atoms with van der Waals surface area (Å²) in [5, 5.41) is 0.685. The van der Waals surface area contributed by atoms with Crippen LogP contribution in [0.25, 0.3) is 22.2 Å². The summed E-state index contributed by atoms with van der Waals surface area (Å²) < 4.78 is 35.1. The van der Waals surface area contributed by atoms with E-state index < -0.39 is 10.0 Å². The van der Waals surface area contributed by atoms with Crippen molar-refractivity contribution in [2.45, 2.75) is 55.5 Å². The number of hydrogen-bond acceptors (Lipinski definition) is 5. The minimum absolute atomic E-state index is 0.0523. The fraction of sp³-hybridized carbons (Fsp3) is 0.448. The van der Waals surface area contributed by atoms with E-state index in [1.807, 2.05) is 35.2 Å². The molecule has 2 N–H and O–H groups in total. The summed E-state index contributed by atoms with van der Waals surface area (Å²) in [5.41, 5.74) is 2.64. The normalized spacial score (nSPS) is 24.4. The molecule has 2 saturated carbocycles. The van der Waals surface area contributed by atoms with E-state index in [2.05, 4.69) is 9.71 Å². The predicted molar refractivity (Wildman–Crippen MR) is 144 cm³/mol. The number of nitrogens with zero attached hydrogens (tertiary/aromatic N) is 1. The van der Waals surface area contributed by atoms with E-state index in [-0.39, 0.29) is 28.8 Å². The van der Waals surface area contributed by atoms with Gasteiger partial charge in [-0.05, 0) is 62.1 Å². The summed E-state index contributed by atoms with van der Waals surface area (Å²) in [6.45, 7) is 1.89. The monoisotopic (exact) mass is 535 g/mol. The van der Waals surface area contributed by atoms with Crippen molar-refractivity contribution in [3.05, 3.63) is 54.1 Å². The molecule has 2 aliphatic carbocycles.